The molecular formula is C12H17N3O3. The Bertz CT molecular complexity index is 463. The molecule has 0 atom stereocenters. The van der Waals surface area contributed by atoms with E-state index in [9.17, 15) is 9.59 Å². The zero-order valence-electron chi connectivity index (χ0n) is 10.3. The van der Waals surface area contributed by atoms with Gasteiger partial charge in [-0.25, -0.2) is 0 Å². The lowest BCUT2D eigenvalue weighted by Gasteiger charge is -2.41. The number of nitrogens with zero attached hydrogens (tertiary/aromatic N) is 1. The third-order valence-electron chi connectivity index (χ3n) is 3.42. The van der Waals surface area contributed by atoms with Crippen LogP contribution in [0.1, 0.15) is 48.8 Å². The number of hydrogen-bond donors (Lipinski definition) is 3. The zero-order valence-corrected chi connectivity index (χ0v) is 10.3. The molecule has 0 aliphatic heterocycles. The summed E-state index contributed by atoms with van der Waals surface area (Å²) < 4.78 is 0. The quantitative estimate of drug-likeness (QED) is 0.730. The molecule has 0 bridgehead atoms. The number of aliphatic carboxylic acids is 1. The summed E-state index contributed by atoms with van der Waals surface area (Å²) in [6.07, 6.45) is 3.14. The van der Waals surface area contributed by atoms with Crippen LogP contribution in [0.25, 0.3) is 0 Å². The fourth-order valence-electron chi connectivity index (χ4n) is 2.20. The number of carbonyl (C=O) groups is 2. The number of carboxylic acid groups (broad SMARTS) is 1. The summed E-state index contributed by atoms with van der Waals surface area (Å²) in [5, 5.41) is 18.4. The Morgan fingerprint density at radius 2 is 2.28 bits per heavy atom. The van der Waals surface area contributed by atoms with E-state index in [1.807, 2.05) is 6.92 Å². The van der Waals surface area contributed by atoms with Gasteiger partial charge in [-0.1, -0.05) is 6.92 Å². The van der Waals surface area contributed by atoms with Gasteiger partial charge < -0.3 is 10.4 Å². The lowest BCUT2D eigenvalue weighted by atomic mass is 9.74. The van der Waals surface area contributed by atoms with Crippen molar-refractivity contribution in [1.29, 1.82) is 0 Å². The van der Waals surface area contributed by atoms with Crippen LogP contribution >= 0.6 is 0 Å². The van der Waals surface area contributed by atoms with Crippen molar-refractivity contribution in [3.63, 3.8) is 0 Å². The summed E-state index contributed by atoms with van der Waals surface area (Å²) in [4.78, 5) is 22.8. The van der Waals surface area contributed by atoms with Crippen molar-refractivity contribution in [3.8, 4) is 0 Å². The first-order chi connectivity index (χ1) is 8.54. The molecule has 0 radical (unpaired) electrons. The Labute approximate surface area is 105 Å². The fraction of sp³-hybridized carbons (Fsp3) is 0.583. The number of amides is 1. The Hall–Kier alpha value is -1.85. The molecule has 0 saturated heterocycles. The van der Waals surface area contributed by atoms with Crippen molar-refractivity contribution in [2.75, 3.05) is 0 Å². The van der Waals surface area contributed by atoms with Crippen molar-refractivity contribution in [3.05, 3.63) is 17.5 Å². The largest absolute Gasteiger partial charge is 0.481 e. The van der Waals surface area contributed by atoms with E-state index in [4.69, 9.17) is 5.11 Å². The highest BCUT2D eigenvalue weighted by molar-refractivity contribution is 5.93. The van der Waals surface area contributed by atoms with Crippen molar-refractivity contribution < 1.29 is 14.7 Å². The molecular weight excluding hydrogens is 234 g/mol. The average molecular weight is 251 g/mol. The number of aromatic nitrogens is 2. The standard InChI is InChI=1S/C12H17N3O3/c1-2-8-6-9(15-14-8)11(18)13-12(4-3-5-12)7-10(16)17/h6H,2-5,7H2,1H3,(H,13,18)(H,14,15)(H,16,17). The zero-order chi connectivity index (χ0) is 13.2. The Morgan fingerprint density at radius 1 is 1.56 bits per heavy atom. The van der Waals surface area contributed by atoms with Crippen LogP contribution in [0.4, 0.5) is 0 Å². The molecule has 2 rings (SSSR count). The van der Waals surface area contributed by atoms with E-state index in [1.54, 1.807) is 6.07 Å². The van der Waals surface area contributed by atoms with Gasteiger partial charge in [0, 0.05) is 5.69 Å². The van der Waals surface area contributed by atoms with Gasteiger partial charge in [-0.15, -0.1) is 0 Å². The number of aryl methyl sites for hydroxylation is 1. The van der Waals surface area contributed by atoms with Crippen molar-refractivity contribution in [1.82, 2.24) is 15.5 Å². The minimum atomic E-state index is -0.883. The monoisotopic (exact) mass is 251 g/mol. The van der Waals surface area contributed by atoms with E-state index in [0.717, 1.165) is 31.4 Å². The first-order valence-corrected chi connectivity index (χ1v) is 6.13. The second-order valence-corrected chi connectivity index (χ2v) is 4.79. The summed E-state index contributed by atoms with van der Waals surface area (Å²) in [7, 11) is 0. The van der Waals surface area contributed by atoms with Gasteiger partial charge >= 0.3 is 5.97 Å². The molecule has 6 nitrogen and oxygen atoms in total. The molecule has 1 heterocycles. The summed E-state index contributed by atoms with van der Waals surface area (Å²) >= 11 is 0. The predicted octanol–water partition coefficient (Wildman–Crippen LogP) is 1.10. The van der Waals surface area contributed by atoms with Gasteiger partial charge in [0.25, 0.3) is 5.91 Å². The second-order valence-electron chi connectivity index (χ2n) is 4.79. The van der Waals surface area contributed by atoms with Gasteiger partial charge in [-0.3, -0.25) is 14.7 Å². The number of carboxylic acids is 1. The minimum absolute atomic E-state index is 0.0240. The fourth-order valence-corrected chi connectivity index (χ4v) is 2.20. The van der Waals surface area contributed by atoms with Gasteiger partial charge in [0.1, 0.15) is 5.69 Å². The molecule has 6 heteroatoms. The third-order valence-corrected chi connectivity index (χ3v) is 3.42. The second kappa shape index (κ2) is 4.80. The molecule has 18 heavy (non-hydrogen) atoms. The Morgan fingerprint density at radius 3 is 2.72 bits per heavy atom. The number of hydrogen-bond acceptors (Lipinski definition) is 3. The van der Waals surface area contributed by atoms with Gasteiger partial charge in [0.15, 0.2) is 0 Å². The Kier molecular flexibility index (Phi) is 3.36. The molecule has 1 aromatic heterocycles. The molecule has 1 aromatic rings. The summed E-state index contributed by atoms with van der Waals surface area (Å²) in [5.74, 6) is -1.18. The van der Waals surface area contributed by atoms with Gasteiger partial charge in [-0.2, -0.15) is 5.10 Å². The van der Waals surface area contributed by atoms with E-state index < -0.39 is 11.5 Å². The van der Waals surface area contributed by atoms with Gasteiger partial charge in [0.05, 0.1) is 12.0 Å². The van der Waals surface area contributed by atoms with Crippen LogP contribution in [0, 0.1) is 0 Å². The lowest BCUT2D eigenvalue weighted by molar-refractivity contribution is -0.139. The summed E-state index contributed by atoms with van der Waals surface area (Å²) in [6, 6.07) is 1.70. The molecule has 3 N–H and O–H groups in total. The van der Waals surface area contributed by atoms with Crippen LogP contribution < -0.4 is 5.32 Å². The summed E-state index contributed by atoms with van der Waals surface area (Å²) in [6.45, 7) is 1.97. The highest BCUT2D eigenvalue weighted by Gasteiger charge is 2.40. The molecule has 1 amide bonds. The molecule has 1 aliphatic carbocycles. The highest BCUT2D eigenvalue weighted by Crippen LogP contribution is 2.35. The van der Waals surface area contributed by atoms with E-state index in [2.05, 4.69) is 15.5 Å². The van der Waals surface area contributed by atoms with Crippen molar-refractivity contribution >= 4 is 11.9 Å². The maximum absolute atomic E-state index is 12.0. The van der Waals surface area contributed by atoms with Crippen LogP contribution in [-0.4, -0.2) is 32.7 Å². The normalized spacial score (nSPS) is 16.9. The molecule has 0 spiro atoms. The van der Waals surface area contributed by atoms with Crippen LogP contribution in [-0.2, 0) is 11.2 Å². The first-order valence-electron chi connectivity index (χ1n) is 6.13. The smallest absolute Gasteiger partial charge is 0.305 e. The van der Waals surface area contributed by atoms with Crippen LogP contribution in [0.2, 0.25) is 0 Å². The molecule has 0 aromatic carbocycles. The SMILES string of the molecule is CCc1cc(C(=O)NC2(CC(=O)O)CCC2)n[nH]1. The Balaban J connectivity index is 2.03. The lowest BCUT2D eigenvalue weighted by Crippen LogP contribution is -2.54. The number of aromatic amines is 1. The molecule has 1 aliphatic rings. The topological polar surface area (TPSA) is 95.1 Å². The number of H-pyrrole nitrogens is 1. The van der Waals surface area contributed by atoms with E-state index >= 15 is 0 Å². The van der Waals surface area contributed by atoms with Gasteiger partial charge in [-0.05, 0) is 31.7 Å². The maximum atomic E-state index is 12.0. The highest BCUT2D eigenvalue weighted by atomic mass is 16.4. The van der Waals surface area contributed by atoms with Crippen LogP contribution in [0.15, 0.2) is 6.07 Å². The van der Waals surface area contributed by atoms with E-state index in [1.165, 1.54) is 0 Å². The minimum Gasteiger partial charge on any atom is -0.481 e. The van der Waals surface area contributed by atoms with E-state index in [0.29, 0.717) is 5.69 Å². The average Bonchev–Trinajstić information content (AvgIpc) is 2.73. The molecule has 0 unspecified atom stereocenters. The number of nitrogens with one attached hydrogen (secondary N) is 2. The van der Waals surface area contributed by atoms with E-state index in [-0.39, 0.29) is 12.3 Å². The number of rotatable bonds is 5. The number of carbonyl (C=O) groups excluding carboxylic acids is 1. The maximum Gasteiger partial charge on any atom is 0.305 e. The first kappa shape index (κ1) is 12.6. The molecule has 98 valence electrons. The summed E-state index contributed by atoms with van der Waals surface area (Å²) in [5.41, 5.74) is 0.637. The molecule has 1 saturated carbocycles. The molecule has 1 fully saturated rings. The van der Waals surface area contributed by atoms with Crippen LogP contribution in [0.5, 0.6) is 0 Å². The van der Waals surface area contributed by atoms with Crippen molar-refractivity contribution in [2.24, 2.45) is 0 Å². The third kappa shape index (κ3) is 2.52. The van der Waals surface area contributed by atoms with Crippen molar-refractivity contribution in [2.45, 2.75) is 44.6 Å². The predicted molar refractivity (Wildman–Crippen MR) is 64.3 cm³/mol. The van der Waals surface area contributed by atoms with Gasteiger partial charge in [0.2, 0.25) is 0 Å². The van der Waals surface area contributed by atoms with Crippen LogP contribution in [0.3, 0.4) is 0 Å².